The molecule has 2 heterocycles. The summed E-state index contributed by atoms with van der Waals surface area (Å²) in [5.41, 5.74) is -0.0995. The molecule has 0 aliphatic heterocycles. The van der Waals surface area contributed by atoms with Gasteiger partial charge in [-0.05, 0) is 23.9 Å². The second kappa shape index (κ2) is 10.4. The van der Waals surface area contributed by atoms with Crippen LogP contribution >= 0.6 is 11.3 Å². The Morgan fingerprint density at radius 2 is 1.97 bits per heavy atom. The molecule has 156 valence electrons. The fourth-order valence-electron chi connectivity index (χ4n) is 1.92. The van der Waals surface area contributed by atoms with Crippen LogP contribution < -0.4 is 15.4 Å². The number of alkyl halides is 3. The first-order chi connectivity index (χ1) is 13.7. The SMILES string of the molecule is O=C(COC(=O)c1ccc(OCC(F)(F)F)nc1)NC(=O)NCCc1cccs1. The predicted molar refractivity (Wildman–Crippen MR) is 95.6 cm³/mol. The van der Waals surface area contributed by atoms with Crippen LogP contribution in [0.3, 0.4) is 0 Å². The number of hydrogen-bond donors (Lipinski definition) is 2. The highest BCUT2D eigenvalue weighted by atomic mass is 32.1. The molecular formula is C17H16F3N3O5S. The summed E-state index contributed by atoms with van der Waals surface area (Å²) in [4.78, 5) is 39.6. The van der Waals surface area contributed by atoms with E-state index in [2.05, 4.69) is 15.0 Å². The molecule has 0 spiro atoms. The van der Waals surface area contributed by atoms with Gasteiger partial charge in [-0.25, -0.2) is 14.6 Å². The number of nitrogens with zero attached hydrogens (tertiary/aromatic N) is 1. The number of pyridine rings is 1. The van der Waals surface area contributed by atoms with Gasteiger partial charge in [-0.1, -0.05) is 6.07 Å². The number of amides is 3. The average Bonchev–Trinajstić information content (AvgIpc) is 3.18. The van der Waals surface area contributed by atoms with Crippen LogP contribution in [-0.2, 0) is 16.0 Å². The van der Waals surface area contributed by atoms with E-state index >= 15 is 0 Å². The van der Waals surface area contributed by atoms with Crippen molar-refractivity contribution in [2.45, 2.75) is 12.6 Å². The lowest BCUT2D eigenvalue weighted by atomic mass is 10.3. The number of halogens is 3. The van der Waals surface area contributed by atoms with Crippen molar-refractivity contribution in [1.29, 1.82) is 0 Å². The van der Waals surface area contributed by atoms with Crippen LogP contribution in [0, 0.1) is 0 Å². The number of carbonyl (C=O) groups is 3. The normalized spacial score (nSPS) is 10.9. The van der Waals surface area contributed by atoms with E-state index in [1.807, 2.05) is 22.8 Å². The maximum Gasteiger partial charge on any atom is 0.422 e. The molecule has 0 saturated carbocycles. The third kappa shape index (κ3) is 8.60. The van der Waals surface area contributed by atoms with Gasteiger partial charge in [-0.2, -0.15) is 13.2 Å². The molecule has 2 N–H and O–H groups in total. The standard InChI is InChI=1S/C17H16F3N3O5S/c18-17(19,20)10-28-14-4-3-11(8-22-14)15(25)27-9-13(24)23-16(26)21-6-5-12-2-1-7-29-12/h1-4,7-8H,5-6,9-10H2,(H2,21,23,24,26). The van der Waals surface area contributed by atoms with E-state index in [1.54, 1.807) is 11.3 Å². The summed E-state index contributed by atoms with van der Waals surface area (Å²) < 4.78 is 45.3. The largest absolute Gasteiger partial charge is 0.468 e. The Labute approximate surface area is 167 Å². The molecule has 2 aromatic heterocycles. The Balaban J connectivity index is 1.68. The van der Waals surface area contributed by atoms with Gasteiger partial charge in [0.1, 0.15) is 0 Å². The molecule has 0 fully saturated rings. The third-order valence-electron chi connectivity index (χ3n) is 3.18. The van der Waals surface area contributed by atoms with Crippen molar-refractivity contribution in [3.8, 4) is 5.88 Å². The fourth-order valence-corrected chi connectivity index (χ4v) is 2.63. The quantitative estimate of drug-likeness (QED) is 0.622. The molecule has 0 aromatic carbocycles. The third-order valence-corrected chi connectivity index (χ3v) is 4.12. The van der Waals surface area contributed by atoms with Crippen LogP contribution in [0.15, 0.2) is 35.8 Å². The minimum absolute atomic E-state index is 0.0995. The van der Waals surface area contributed by atoms with Gasteiger partial charge in [0.25, 0.3) is 5.91 Å². The average molecular weight is 431 g/mol. The van der Waals surface area contributed by atoms with E-state index in [4.69, 9.17) is 4.74 Å². The van der Waals surface area contributed by atoms with E-state index in [0.29, 0.717) is 13.0 Å². The Morgan fingerprint density at radius 1 is 1.17 bits per heavy atom. The number of imide groups is 1. The number of nitrogens with one attached hydrogen (secondary N) is 2. The molecule has 2 rings (SSSR count). The van der Waals surface area contributed by atoms with Crippen LogP contribution in [0.25, 0.3) is 0 Å². The summed E-state index contributed by atoms with van der Waals surface area (Å²) in [6.07, 6.45) is -2.95. The lowest BCUT2D eigenvalue weighted by Crippen LogP contribution is -2.42. The number of ether oxygens (including phenoxy) is 2. The van der Waals surface area contributed by atoms with Gasteiger partial charge in [-0.15, -0.1) is 11.3 Å². The van der Waals surface area contributed by atoms with Crippen molar-refractivity contribution in [2.24, 2.45) is 0 Å². The topological polar surface area (TPSA) is 107 Å². The van der Waals surface area contributed by atoms with E-state index in [9.17, 15) is 27.6 Å². The number of carbonyl (C=O) groups excluding carboxylic acids is 3. The summed E-state index contributed by atoms with van der Waals surface area (Å²) in [6.45, 7) is -1.91. The first kappa shape index (κ1) is 22.1. The minimum atomic E-state index is -4.51. The monoisotopic (exact) mass is 431 g/mol. The number of aromatic nitrogens is 1. The molecule has 0 radical (unpaired) electrons. The molecule has 3 amide bonds. The molecule has 0 saturated heterocycles. The lowest BCUT2D eigenvalue weighted by Gasteiger charge is -2.09. The number of esters is 1. The first-order valence-corrected chi connectivity index (χ1v) is 9.04. The van der Waals surface area contributed by atoms with Crippen molar-refractivity contribution < 1.29 is 37.0 Å². The van der Waals surface area contributed by atoms with Gasteiger partial charge in [0.2, 0.25) is 5.88 Å². The van der Waals surface area contributed by atoms with Crippen LogP contribution in [0.1, 0.15) is 15.2 Å². The summed E-state index contributed by atoms with van der Waals surface area (Å²) in [5, 5.41) is 6.40. The van der Waals surface area contributed by atoms with Gasteiger partial charge < -0.3 is 14.8 Å². The molecule has 0 bridgehead atoms. The Morgan fingerprint density at radius 3 is 2.59 bits per heavy atom. The second-order valence-electron chi connectivity index (χ2n) is 5.50. The summed E-state index contributed by atoms with van der Waals surface area (Å²) in [6, 6.07) is 5.27. The van der Waals surface area contributed by atoms with E-state index in [1.165, 1.54) is 0 Å². The predicted octanol–water partition coefficient (Wildman–Crippen LogP) is 2.31. The van der Waals surface area contributed by atoms with Crippen LogP contribution in [0.5, 0.6) is 5.88 Å². The molecule has 29 heavy (non-hydrogen) atoms. The zero-order chi connectivity index (χ0) is 21.3. The van der Waals surface area contributed by atoms with Crippen LogP contribution in [-0.4, -0.2) is 48.8 Å². The number of rotatable bonds is 8. The molecule has 12 heteroatoms. The Bertz CT molecular complexity index is 826. The van der Waals surface area contributed by atoms with Crippen molar-refractivity contribution in [3.63, 3.8) is 0 Å². The summed E-state index contributed by atoms with van der Waals surface area (Å²) in [7, 11) is 0. The van der Waals surface area contributed by atoms with Crippen molar-refractivity contribution in [3.05, 3.63) is 46.3 Å². The summed E-state index contributed by atoms with van der Waals surface area (Å²) >= 11 is 1.54. The Kier molecular flexibility index (Phi) is 7.95. The van der Waals surface area contributed by atoms with Crippen molar-refractivity contribution in [1.82, 2.24) is 15.6 Å². The van der Waals surface area contributed by atoms with Gasteiger partial charge in [0, 0.05) is 23.7 Å². The molecule has 0 aliphatic rings. The maximum atomic E-state index is 12.1. The summed E-state index contributed by atoms with van der Waals surface area (Å²) in [5.74, 6) is -2.10. The van der Waals surface area contributed by atoms with E-state index in [0.717, 1.165) is 23.2 Å². The molecule has 8 nitrogen and oxygen atoms in total. The second-order valence-corrected chi connectivity index (χ2v) is 6.53. The van der Waals surface area contributed by atoms with Crippen molar-refractivity contribution in [2.75, 3.05) is 19.8 Å². The maximum absolute atomic E-state index is 12.1. The molecule has 0 atom stereocenters. The minimum Gasteiger partial charge on any atom is -0.468 e. The van der Waals surface area contributed by atoms with Gasteiger partial charge in [0.05, 0.1) is 5.56 Å². The number of thiophene rings is 1. The van der Waals surface area contributed by atoms with E-state index < -0.39 is 37.3 Å². The number of hydrogen-bond acceptors (Lipinski definition) is 7. The molecular weight excluding hydrogens is 415 g/mol. The zero-order valence-corrected chi connectivity index (χ0v) is 15.6. The highest BCUT2D eigenvalue weighted by molar-refractivity contribution is 7.09. The van der Waals surface area contributed by atoms with E-state index in [-0.39, 0.29) is 11.4 Å². The lowest BCUT2D eigenvalue weighted by molar-refractivity contribution is -0.154. The van der Waals surface area contributed by atoms with Crippen LogP contribution in [0.4, 0.5) is 18.0 Å². The molecule has 0 unspecified atom stereocenters. The van der Waals surface area contributed by atoms with Gasteiger partial charge in [-0.3, -0.25) is 10.1 Å². The highest BCUT2D eigenvalue weighted by Gasteiger charge is 2.28. The van der Waals surface area contributed by atoms with Crippen molar-refractivity contribution >= 4 is 29.2 Å². The Hall–Kier alpha value is -3.15. The van der Waals surface area contributed by atoms with Gasteiger partial charge >= 0.3 is 18.2 Å². The first-order valence-electron chi connectivity index (χ1n) is 8.16. The molecule has 2 aromatic rings. The zero-order valence-electron chi connectivity index (χ0n) is 14.8. The van der Waals surface area contributed by atoms with Crippen LogP contribution in [0.2, 0.25) is 0 Å². The number of urea groups is 1. The fraction of sp³-hybridized carbons (Fsp3) is 0.294. The highest BCUT2D eigenvalue weighted by Crippen LogP contribution is 2.17. The van der Waals surface area contributed by atoms with Gasteiger partial charge in [0.15, 0.2) is 13.2 Å². The molecule has 0 aliphatic carbocycles. The smallest absolute Gasteiger partial charge is 0.422 e.